The van der Waals surface area contributed by atoms with Gasteiger partial charge in [0, 0.05) is 6.92 Å². The molecule has 8 heteroatoms. The molecule has 0 aromatic heterocycles. The fourth-order valence-electron chi connectivity index (χ4n) is 3.30. The van der Waals surface area contributed by atoms with Crippen LogP contribution in [0, 0.1) is 5.92 Å². The second-order valence-corrected chi connectivity index (χ2v) is 7.25. The monoisotopic (exact) mass is 426 g/mol. The molecule has 0 spiro atoms. The van der Waals surface area contributed by atoms with Gasteiger partial charge in [0.25, 0.3) is 0 Å². The van der Waals surface area contributed by atoms with E-state index in [9.17, 15) is 19.2 Å². The van der Waals surface area contributed by atoms with Gasteiger partial charge in [0.05, 0.1) is 17.0 Å². The number of esters is 3. The van der Waals surface area contributed by atoms with Crippen molar-refractivity contribution in [2.24, 2.45) is 5.92 Å². The molecule has 8 nitrogen and oxygen atoms in total. The Labute approximate surface area is 178 Å². The Morgan fingerprint density at radius 3 is 1.71 bits per heavy atom. The first-order chi connectivity index (χ1) is 14.8. The lowest BCUT2D eigenvalue weighted by atomic mass is 9.87. The van der Waals surface area contributed by atoms with Crippen LogP contribution in [0.15, 0.2) is 48.5 Å². The number of ether oxygens (including phenoxy) is 3. The normalized spacial score (nSPS) is 18.0. The molecule has 1 aliphatic carbocycles. The first kappa shape index (κ1) is 22.0. The van der Waals surface area contributed by atoms with Crippen LogP contribution in [0.1, 0.15) is 53.3 Å². The number of hydrogen-bond acceptors (Lipinski definition) is 7. The number of carboxylic acids is 1. The standard InChI is InChI=1S/C23H22O8/c1-14(24)29-18-10-4-16(5-11-18)22(27)31-20-12-6-17(7-13-20)23(28)30-19-8-2-15(3-9-19)21(25)26/h4-7,10-13,15,19H,2-3,8-9H2,1H3,(H,25,26). The van der Waals surface area contributed by atoms with Crippen LogP contribution in [0.3, 0.4) is 0 Å². The zero-order valence-electron chi connectivity index (χ0n) is 16.9. The Balaban J connectivity index is 1.52. The minimum absolute atomic E-state index is 0.257. The third kappa shape index (κ3) is 6.15. The maximum absolute atomic E-state index is 12.3. The van der Waals surface area contributed by atoms with E-state index < -0.39 is 23.9 Å². The van der Waals surface area contributed by atoms with Crippen LogP contribution >= 0.6 is 0 Å². The van der Waals surface area contributed by atoms with Crippen LogP contribution in [0.2, 0.25) is 0 Å². The lowest BCUT2D eigenvalue weighted by Crippen LogP contribution is -2.27. The highest BCUT2D eigenvalue weighted by atomic mass is 16.5. The van der Waals surface area contributed by atoms with Gasteiger partial charge in [-0.25, -0.2) is 9.59 Å². The fourth-order valence-corrected chi connectivity index (χ4v) is 3.30. The Morgan fingerprint density at radius 2 is 1.23 bits per heavy atom. The van der Waals surface area contributed by atoms with Gasteiger partial charge in [-0.2, -0.15) is 0 Å². The van der Waals surface area contributed by atoms with Crippen LogP contribution in [0.5, 0.6) is 11.5 Å². The molecule has 0 radical (unpaired) electrons. The molecule has 162 valence electrons. The summed E-state index contributed by atoms with van der Waals surface area (Å²) >= 11 is 0. The number of carboxylic acid groups (broad SMARTS) is 1. The summed E-state index contributed by atoms with van der Waals surface area (Å²) in [5.41, 5.74) is 0.585. The minimum atomic E-state index is -0.810. The van der Waals surface area contributed by atoms with Gasteiger partial charge >= 0.3 is 23.9 Å². The van der Waals surface area contributed by atoms with Crippen LogP contribution < -0.4 is 9.47 Å². The van der Waals surface area contributed by atoms with Gasteiger partial charge in [-0.05, 0) is 74.2 Å². The average Bonchev–Trinajstić information content (AvgIpc) is 2.74. The predicted molar refractivity (Wildman–Crippen MR) is 108 cm³/mol. The van der Waals surface area contributed by atoms with E-state index in [1.54, 1.807) is 0 Å². The number of aliphatic carboxylic acids is 1. The van der Waals surface area contributed by atoms with Gasteiger partial charge in [-0.3, -0.25) is 9.59 Å². The highest BCUT2D eigenvalue weighted by Crippen LogP contribution is 2.27. The molecule has 2 aromatic carbocycles. The van der Waals surface area contributed by atoms with E-state index in [4.69, 9.17) is 19.3 Å². The summed E-state index contributed by atoms with van der Waals surface area (Å²) in [5, 5.41) is 9.03. The molecule has 1 aliphatic rings. The van der Waals surface area contributed by atoms with Crippen LogP contribution in [-0.2, 0) is 14.3 Å². The van der Waals surface area contributed by atoms with Gasteiger partial charge < -0.3 is 19.3 Å². The minimum Gasteiger partial charge on any atom is -0.481 e. The van der Waals surface area contributed by atoms with E-state index in [1.807, 2.05) is 0 Å². The van der Waals surface area contributed by atoms with E-state index in [0.717, 1.165) is 0 Å². The van der Waals surface area contributed by atoms with Crippen molar-refractivity contribution in [3.05, 3.63) is 59.7 Å². The lowest BCUT2D eigenvalue weighted by molar-refractivity contribution is -0.143. The molecule has 0 bridgehead atoms. The second kappa shape index (κ2) is 9.88. The van der Waals surface area contributed by atoms with Gasteiger partial charge in [-0.15, -0.1) is 0 Å². The largest absolute Gasteiger partial charge is 0.481 e. The lowest BCUT2D eigenvalue weighted by Gasteiger charge is -2.25. The molecule has 0 amide bonds. The number of benzene rings is 2. The van der Waals surface area contributed by atoms with Crippen LogP contribution in [-0.4, -0.2) is 35.1 Å². The molecule has 1 N–H and O–H groups in total. The number of hydrogen-bond donors (Lipinski definition) is 1. The summed E-state index contributed by atoms with van der Waals surface area (Å²) in [4.78, 5) is 46.5. The van der Waals surface area contributed by atoms with Crippen molar-refractivity contribution >= 4 is 23.9 Å². The van der Waals surface area contributed by atoms with Crippen molar-refractivity contribution in [2.75, 3.05) is 0 Å². The Kier molecular flexibility index (Phi) is 7.02. The molecule has 0 saturated heterocycles. The Hall–Kier alpha value is -3.68. The molecule has 31 heavy (non-hydrogen) atoms. The third-order valence-electron chi connectivity index (χ3n) is 4.95. The molecule has 0 heterocycles. The quantitative estimate of drug-likeness (QED) is 0.550. The zero-order chi connectivity index (χ0) is 22.4. The van der Waals surface area contributed by atoms with E-state index in [1.165, 1.54) is 55.5 Å². The second-order valence-electron chi connectivity index (χ2n) is 7.25. The zero-order valence-corrected chi connectivity index (χ0v) is 16.9. The summed E-state index contributed by atoms with van der Waals surface area (Å²) in [5.74, 6) is -2.16. The van der Waals surface area contributed by atoms with Gasteiger partial charge in [0.1, 0.15) is 17.6 Å². The van der Waals surface area contributed by atoms with Gasteiger partial charge in [0.2, 0.25) is 0 Å². The molecule has 1 saturated carbocycles. The Morgan fingerprint density at radius 1 is 0.742 bits per heavy atom. The fraction of sp³-hybridized carbons (Fsp3) is 0.304. The smallest absolute Gasteiger partial charge is 0.343 e. The SMILES string of the molecule is CC(=O)Oc1ccc(C(=O)Oc2ccc(C(=O)OC3CCC(C(=O)O)CC3)cc2)cc1. The highest BCUT2D eigenvalue weighted by Gasteiger charge is 2.28. The topological polar surface area (TPSA) is 116 Å². The summed E-state index contributed by atoms with van der Waals surface area (Å²) in [7, 11) is 0. The number of rotatable bonds is 6. The Bertz CT molecular complexity index is 954. The summed E-state index contributed by atoms with van der Waals surface area (Å²) in [6, 6.07) is 11.9. The first-order valence-electron chi connectivity index (χ1n) is 9.86. The van der Waals surface area contributed by atoms with Crippen molar-refractivity contribution in [2.45, 2.75) is 38.7 Å². The first-order valence-corrected chi connectivity index (χ1v) is 9.86. The molecule has 0 aliphatic heterocycles. The summed E-state index contributed by atoms with van der Waals surface area (Å²) < 4.78 is 15.7. The van der Waals surface area contributed by atoms with E-state index in [-0.39, 0.29) is 23.3 Å². The molecule has 1 fully saturated rings. The molecule has 2 aromatic rings. The number of carbonyl (C=O) groups is 4. The molecular weight excluding hydrogens is 404 g/mol. The molecular formula is C23H22O8. The molecule has 0 unspecified atom stereocenters. The van der Waals surface area contributed by atoms with Crippen molar-refractivity contribution in [1.82, 2.24) is 0 Å². The average molecular weight is 426 g/mol. The van der Waals surface area contributed by atoms with E-state index >= 15 is 0 Å². The third-order valence-corrected chi connectivity index (χ3v) is 4.95. The summed E-state index contributed by atoms with van der Waals surface area (Å²) in [6.07, 6.45) is 1.73. The van der Waals surface area contributed by atoms with E-state index in [2.05, 4.69) is 0 Å². The van der Waals surface area contributed by atoms with Crippen molar-refractivity contribution in [3.63, 3.8) is 0 Å². The summed E-state index contributed by atoms with van der Waals surface area (Å²) in [6.45, 7) is 1.28. The van der Waals surface area contributed by atoms with Crippen molar-refractivity contribution in [3.8, 4) is 11.5 Å². The highest BCUT2D eigenvalue weighted by molar-refractivity contribution is 5.92. The molecule has 0 atom stereocenters. The number of carbonyl (C=O) groups excluding carboxylic acids is 3. The van der Waals surface area contributed by atoms with Crippen LogP contribution in [0.4, 0.5) is 0 Å². The van der Waals surface area contributed by atoms with Gasteiger partial charge in [-0.1, -0.05) is 0 Å². The van der Waals surface area contributed by atoms with Crippen molar-refractivity contribution < 1.29 is 38.5 Å². The maximum Gasteiger partial charge on any atom is 0.343 e. The molecule has 3 rings (SSSR count). The van der Waals surface area contributed by atoms with Crippen molar-refractivity contribution in [1.29, 1.82) is 0 Å². The predicted octanol–water partition coefficient (Wildman–Crippen LogP) is 3.63. The van der Waals surface area contributed by atoms with Gasteiger partial charge in [0.15, 0.2) is 0 Å². The maximum atomic E-state index is 12.3. The van der Waals surface area contributed by atoms with Crippen LogP contribution in [0.25, 0.3) is 0 Å². The van der Waals surface area contributed by atoms with E-state index in [0.29, 0.717) is 37.0 Å².